The summed E-state index contributed by atoms with van der Waals surface area (Å²) in [7, 11) is 0. The van der Waals surface area contributed by atoms with Crippen LogP contribution in [0, 0.1) is 13.8 Å². The molecular weight excluding hydrogens is 440 g/mol. The number of carbonyl (C=O) groups is 1. The molecule has 1 amide bonds. The normalized spacial score (nSPS) is 15.0. The minimum absolute atomic E-state index is 0.0690. The lowest BCUT2D eigenvalue weighted by atomic mass is 9.98. The molecule has 4 aromatic rings. The number of pyridine rings is 1. The molecule has 178 valence electrons. The summed E-state index contributed by atoms with van der Waals surface area (Å²) < 4.78 is 11.9. The van der Waals surface area contributed by atoms with Gasteiger partial charge in [0.05, 0.1) is 23.6 Å². The monoisotopic (exact) mass is 468 g/mol. The Morgan fingerprint density at radius 1 is 1.00 bits per heavy atom. The second-order valence-electron chi connectivity index (χ2n) is 9.01. The molecule has 0 saturated heterocycles. The zero-order valence-corrected chi connectivity index (χ0v) is 20.2. The predicted molar refractivity (Wildman–Crippen MR) is 136 cm³/mol. The maximum Gasteiger partial charge on any atom is 0.296 e. The van der Waals surface area contributed by atoms with Gasteiger partial charge in [0.15, 0.2) is 5.43 Å². The molecule has 0 saturated carbocycles. The van der Waals surface area contributed by atoms with Crippen molar-refractivity contribution in [3.8, 4) is 5.75 Å². The molecule has 2 aromatic heterocycles. The fourth-order valence-corrected chi connectivity index (χ4v) is 4.59. The van der Waals surface area contributed by atoms with Gasteiger partial charge in [0, 0.05) is 5.69 Å². The number of fused-ring (bicyclic) bond motifs is 2. The van der Waals surface area contributed by atoms with Crippen LogP contribution in [0.25, 0.3) is 11.0 Å². The van der Waals surface area contributed by atoms with Gasteiger partial charge in [-0.05, 0) is 62.2 Å². The molecule has 6 heteroatoms. The van der Waals surface area contributed by atoms with Crippen molar-refractivity contribution in [2.45, 2.75) is 46.1 Å². The van der Waals surface area contributed by atoms with Crippen molar-refractivity contribution in [1.29, 1.82) is 0 Å². The SMILES string of the molecule is CCCCCOc1ccc([C@@H]2c3c(oc4ccc(C)cc4c3=O)C(=O)N2c2cccc(C)n2)cc1. The third-order valence-electron chi connectivity index (χ3n) is 6.36. The molecule has 0 N–H and O–H groups in total. The number of aromatic nitrogens is 1. The highest BCUT2D eigenvalue weighted by Crippen LogP contribution is 2.41. The second-order valence-corrected chi connectivity index (χ2v) is 9.01. The fourth-order valence-electron chi connectivity index (χ4n) is 4.59. The van der Waals surface area contributed by atoms with Crippen LogP contribution >= 0.6 is 0 Å². The van der Waals surface area contributed by atoms with Crippen molar-refractivity contribution < 1.29 is 13.9 Å². The molecule has 1 aliphatic rings. The summed E-state index contributed by atoms with van der Waals surface area (Å²) in [5, 5.41) is 0.469. The van der Waals surface area contributed by atoms with E-state index in [4.69, 9.17) is 9.15 Å². The molecule has 1 atom stereocenters. The molecular formula is C29H28N2O4. The average molecular weight is 469 g/mol. The van der Waals surface area contributed by atoms with E-state index in [-0.39, 0.29) is 17.1 Å². The van der Waals surface area contributed by atoms with Gasteiger partial charge in [-0.15, -0.1) is 0 Å². The van der Waals surface area contributed by atoms with E-state index in [0.29, 0.717) is 29.0 Å². The summed E-state index contributed by atoms with van der Waals surface area (Å²) in [6.45, 7) is 6.62. The number of ether oxygens (including phenoxy) is 1. The molecule has 2 aromatic carbocycles. The Kier molecular flexibility index (Phi) is 6.12. The Morgan fingerprint density at radius 2 is 1.80 bits per heavy atom. The first-order valence-corrected chi connectivity index (χ1v) is 12.0. The fraction of sp³-hybridized carbons (Fsp3) is 0.276. The van der Waals surface area contributed by atoms with Gasteiger partial charge in [-0.1, -0.05) is 49.6 Å². The summed E-state index contributed by atoms with van der Waals surface area (Å²) >= 11 is 0. The molecule has 0 spiro atoms. The Bertz CT molecular complexity index is 1460. The van der Waals surface area contributed by atoms with E-state index >= 15 is 0 Å². The molecule has 5 rings (SSSR count). The molecule has 0 fully saturated rings. The number of amides is 1. The zero-order chi connectivity index (χ0) is 24.5. The maximum atomic E-state index is 13.7. The third kappa shape index (κ3) is 4.20. The lowest BCUT2D eigenvalue weighted by Crippen LogP contribution is -2.30. The molecule has 0 unspecified atom stereocenters. The van der Waals surface area contributed by atoms with Crippen molar-refractivity contribution in [2.24, 2.45) is 0 Å². The van der Waals surface area contributed by atoms with E-state index in [9.17, 15) is 9.59 Å². The number of carbonyl (C=O) groups excluding carboxylic acids is 1. The number of aryl methyl sites for hydroxylation is 2. The number of hydrogen-bond acceptors (Lipinski definition) is 5. The third-order valence-corrected chi connectivity index (χ3v) is 6.36. The van der Waals surface area contributed by atoms with Gasteiger partial charge in [-0.2, -0.15) is 0 Å². The summed E-state index contributed by atoms with van der Waals surface area (Å²) in [6, 6.07) is 17.9. The minimum Gasteiger partial charge on any atom is -0.494 e. The number of hydrogen-bond donors (Lipinski definition) is 0. The van der Waals surface area contributed by atoms with E-state index < -0.39 is 6.04 Å². The van der Waals surface area contributed by atoms with Crippen molar-refractivity contribution in [3.63, 3.8) is 0 Å². The number of anilines is 1. The Balaban J connectivity index is 1.63. The quantitative estimate of drug-likeness (QED) is 0.305. The van der Waals surface area contributed by atoms with Gasteiger partial charge in [0.2, 0.25) is 5.76 Å². The first-order chi connectivity index (χ1) is 17.0. The molecule has 1 aliphatic heterocycles. The van der Waals surface area contributed by atoms with Crippen molar-refractivity contribution >= 4 is 22.7 Å². The minimum atomic E-state index is -0.651. The summed E-state index contributed by atoms with van der Waals surface area (Å²) in [5.41, 5.74) is 3.07. The van der Waals surface area contributed by atoms with Crippen LogP contribution in [0.15, 0.2) is 69.9 Å². The van der Waals surface area contributed by atoms with E-state index in [1.165, 1.54) is 0 Å². The predicted octanol–water partition coefficient (Wildman–Crippen LogP) is 6.12. The maximum absolute atomic E-state index is 13.7. The summed E-state index contributed by atoms with van der Waals surface area (Å²) in [6.07, 6.45) is 3.26. The molecule has 6 nitrogen and oxygen atoms in total. The van der Waals surface area contributed by atoms with Crippen LogP contribution in [-0.4, -0.2) is 17.5 Å². The average Bonchev–Trinajstić information content (AvgIpc) is 3.15. The lowest BCUT2D eigenvalue weighted by Gasteiger charge is -2.24. The van der Waals surface area contributed by atoms with E-state index in [0.717, 1.165) is 41.8 Å². The first-order valence-electron chi connectivity index (χ1n) is 12.0. The highest BCUT2D eigenvalue weighted by Gasteiger charge is 2.44. The van der Waals surface area contributed by atoms with Crippen molar-refractivity contribution in [1.82, 2.24) is 4.98 Å². The van der Waals surface area contributed by atoms with Crippen LogP contribution in [0.3, 0.4) is 0 Å². The van der Waals surface area contributed by atoms with Crippen LogP contribution in [0.1, 0.15) is 65.2 Å². The van der Waals surface area contributed by atoms with Crippen LogP contribution in [0.4, 0.5) is 5.82 Å². The van der Waals surface area contributed by atoms with E-state index in [2.05, 4.69) is 11.9 Å². The van der Waals surface area contributed by atoms with Gasteiger partial charge in [0.1, 0.15) is 17.2 Å². The Morgan fingerprint density at radius 3 is 2.54 bits per heavy atom. The first kappa shape index (κ1) is 22.8. The van der Waals surface area contributed by atoms with Crippen LogP contribution in [0.5, 0.6) is 5.75 Å². The number of rotatable bonds is 7. The van der Waals surface area contributed by atoms with Gasteiger partial charge in [-0.3, -0.25) is 14.5 Å². The molecule has 0 aliphatic carbocycles. The number of unbranched alkanes of at least 4 members (excludes halogenated alkanes) is 2. The highest BCUT2D eigenvalue weighted by atomic mass is 16.5. The van der Waals surface area contributed by atoms with Gasteiger partial charge in [-0.25, -0.2) is 4.98 Å². The van der Waals surface area contributed by atoms with Gasteiger partial charge >= 0.3 is 0 Å². The summed E-state index contributed by atoms with van der Waals surface area (Å²) in [5.74, 6) is 0.934. The van der Waals surface area contributed by atoms with Crippen molar-refractivity contribution in [2.75, 3.05) is 11.5 Å². The van der Waals surface area contributed by atoms with Crippen molar-refractivity contribution in [3.05, 3.63) is 99.0 Å². The number of nitrogens with zero attached hydrogens (tertiary/aromatic N) is 2. The topological polar surface area (TPSA) is 72.6 Å². The highest BCUT2D eigenvalue weighted by molar-refractivity contribution is 6.10. The Hall–Kier alpha value is -3.93. The number of benzene rings is 2. The van der Waals surface area contributed by atoms with Crippen LogP contribution in [0.2, 0.25) is 0 Å². The second kappa shape index (κ2) is 9.37. The van der Waals surface area contributed by atoms with Crippen LogP contribution in [-0.2, 0) is 0 Å². The van der Waals surface area contributed by atoms with Gasteiger partial charge < -0.3 is 9.15 Å². The standard InChI is InChI=1S/C29H28N2O4/c1-4-5-6-16-34-21-13-11-20(12-14-21)26-25-27(32)22-17-18(2)10-15-23(22)35-28(25)29(33)31(26)24-9-7-8-19(3)30-24/h7-15,17,26H,4-6,16H2,1-3H3/t26-/m1/s1. The van der Waals surface area contributed by atoms with E-state index in [1.54, 1.807) is 17.0 Å². The van der Waals surface area contributed by atoms with Gasteiger partial charge in [0.25, 0.3) is 5.91 Å². The van der Waals surface area contributed by atoms with E-state index in [1.807, 2.05) is 62.4 Å². The largest absolute Gasteiger partial charge is 0.494 e. The lowest BCUT2D eigenvalue weighted by molar-refractivity contribution is 0.0970. The smallest absolute Gasteiger partial charge is 0.296 e. The molecule has 0 bridgehead atoms. The molecule has 35 heavy (non-hydrogen) atoms. The Labute approximate surface area is 204 Å². The zero-order valence-electron chi connectivity index (χ0n) is 20.2. The van der Waals surface area contributed by atoms with Crippen LogP contribution < -0.4 is 15.1 Å². The molecule has 3 heterocycles. The molecule has 0 radical (unpaired) electrons. The summed E-state index contributed by atoms with van der Waals surface area (Å²) in [4.78, 5) is 33.5.